The van der Waals surface area contributed by atoms with Gasteiger partial charge in [-0.2, -0.15) is 0 Å². The van der Waals surface area contributed by atoms with Crippen LogP contribution >= 0.6 is 0 Å². The third kappa shape index (κ3) is 3.81. The van der Waals surface area contributed by atoms with Crippen LogP contribution in [-0.4, -0.2) is 21.0 Å². The molecule has 0 atom stereocenters. The van der Waals surface area contributed by atoms with Crippen LogP contribution in [0.5, 0.6) is 17.2 Å². The van der Waals surface area contributed by atoms with Gasteiger partial charge in [-0.05, 0) is 36.4 Å². The number of hydrogen-bond acceptors (Lipinski definition) is 4. The normalized spacial score (nSPS) is 9.79. The van der Waals surface area contributed by atoms with Crippen molar-refractivity contribution in [2.75, 3.05) is 26.3 Å². The molecule has 0 bridgehead atoms. The van der Waals surface area contributed by atoms with Crippen LogP contribution in [0, 0.1) is 0 Å². The Bertz CT molecular complexity index is 511. The van der Waals surface area contributed by atoms with E-state index in [-0.39, 0.29) is 6.79 Å². The van der Waals surface area contributed by atoms with Crippen LogP contribution in [0.1, 0.15) is 0 Å². The Hall–Kier alpha value is -2.36. The van der Waals surface area contributed by atoms with Crippen LogP contribution < -0.4 is 19.5 Å². The van der Waals surface area contributed by atoms with Crippen LogP contribution in [0.15, 0.2) is 48.5 Å². The summed E-state index contributed by atoms with van der Waals surface area (Å²) < 4.78 is 16.1. The van der Waals surface area contributed by atoms with Gasteiger partial charge in [0.1, 0.15) is 17.2 Å². The molecule has 0 aliphatic rings. The van der Waals surface area contributed by atoms with Crippen molar-refractivity contribution in [2.45, 2.75) is 0 Å². The Kier molecular flexibility index (Phi) is 4.50. The van der Waals surface area contributed by atoms with Crippen LogP contribution in [0.4, 0.5) is 5.69 Å². The van der Waals surface area contributed by atoms with Crippen LogP contribution in [-0.2, 0) is 0 Å². The maximum absolute atomic E-state index is 5.49. The second-order valence-corrected chi connectivity index (χ2v) is 3.86. The molecule has 0 aromatic heterocycles. The fraction of sp³-hybridized carbons (Fsp3) is 0.200. The Morgan fingerprint density at radius 2 is 1.58 bits per heavy atom. The quantitative estimate of drug-likeness (QED) is 0.809. The molecule has 0 amide bonds. The smallest absolute Gasteiger partial charge is 0.230 e. The summed E-state index contributed by atoms with van der Waals surface area (Å²) in [5, 5.41) is 3.05. The summed E-state index contributed by atoms with van der Waals surface area (Å²) in [5.74, 6) is 2.24. The van der Waals surface area contributed by atoms with Crippen LogP contribution in [0.25, 0.3) is 0 Å². The van der Waals surface area contributed by atoms with Crippen molar-refractivity contribution in [3.63, 3.8) is 0 Å². The van der Waals surface area contributed by atoms with Crippen LogP contribution in [0.3, 0.4) is 0 Å². The van der Waals surface area contributed by atoms with Crippen LogP contribution in [0.2, 0.25) is 0 Å². The van der Waals surface area contributed by atoms with E-state index in [0.29, 0.717) is 5.75 Å². The molecule has 1 N–H and O–H groups in total. The second-order valence-electron chi connectivity index (χ2n) is 3.86. The third-order valence-corrected chi connectivity index (χ3v) is 2.64. The van der Waals surface area contributed by atoms with E-state index in [1.54, 1.807) is 7.11 Å². The maximum Gasteiger partial charge on any atom is 0.230 e. The molecule has 4 nitrogen and oxygen atoms in total. The lowest BCUT2D eigenvalue weighted by Crippen LogP contribution is -2.05. The maximum atomic E-state index is 5.49. The van der Waals surface area contributed by atoms with E-state index >= 15 is 0 Å². The van der Waals surface area contributed by atoms with E-state index < -0.39 is 0 Å². The molecule has 0 saturated carbocycles. The minimum Gasteiger partial charge on any atom is -0.497 e. The zero-order valence-electron chi connectivity index (χ0n) is 11.1. The summed E-state index contributed by atoms with van der Waals surface area (Å²) in [6.07, 6.45) is 0. The average molecular weight is 259 g/mol. The highest BCUT2D eigenvalue weighted by Gasteiger charge is 1.98. The zero-order chi connectivity index (χ0) is 13.5. The first kappa shape index (κ1) is 13.1. The molecule has 0 heterocycles. The Morgan fingerprint density at radius 1 is 0.895 bits per heavy atom. The minimum absolute atomic E-state index is 0.159. The van der Waals surface area contributed by atoms with Gasteiger partial charge in [-0.15, -0.1) is 0 Å². The number of methoxy groups -OCH3 is 1. The van der Waals surface area contributed by atoms with Crippen molar-refractivity contribution in [3.8, 4) is 17.2 Å². The molecule has 4 heteroatoms. The molecular formula is C15H17NO3. The molecule has 2 aromatic rings. The molecule has 2 rings (SSSR count). The van der Waals surface area contributed by atoms with E-state index in [1.165, 1.54) is 0 Å². The Labute approximate surface area is 112 Å². The molecule has 0 unspecified atom stereocenters. The molecule has 100 valence electrons. The van der Waals surface area contributed by atoms with Gasteiger partial charge in [0.25, 0.3) is 0 Å². The predicted octanol–water partition coefficient (Wildman–Crippen LogP) is 3.15. The predicted molar refractivity (Wildman–Crippen MR) is 75.1 cm³/mol. The van der Waals surface area contributed by atoms with Gasteiger partial charge in [0.05, 0.1) is 7.11 Å². The van der Waals surface area contributed by atoms with Gasteiger partial charge in [0.2, 0.25) is 6.79 Å². The van der Waals surface area contributed by atoms with E-state index in [9.17, 15) is 0 Å². The fourth-order valence-electron chi connectivity index (χ4n) is 1.57. The molecule has 19 heavy (non-hydrogen) atoms. The Balaban J connectivity index is 1.85. The zero-order valence-corrected chi connectivity index (χ0v) is 11.1. The molecule has 0 fully saturated rings. The number of anilines is 1. The van der Waals surface area contributed by atoms with Crippen molar-refractivity contribution in [1.29, 1.82) is 0 Å². The monoisotopic (exact) mass is 259 g/mol. The summed E-state index contributed by atoms with van der Waals surface area (Å²) in [5.41, 5.74) is 1.04. The second kappa shape index (κ2) is 6.54. The third-order valence-electron chi connectivity index (χ3n) is 2.64. The average Bonchev–Trinajstić information content (AvgIpc) is 2.48. The molecule has 0 saturated heterocycles. The van der Waals surface area contributed by atoms with Crippen molar-refractivity contribution >= 4 is 5.69 Å². The number of hydrogen-bond donors (Lipinski definition) is 1. The number of rotatable bonds is 6. The van der Waals surface area contributed by atoms with E-state index in [4.69, 9.17) is 14.2 Å². The highest BCUT2D eigenvalue weighted by molar-refractivity contribution is 5.45. The summed E-state index contributed by atoms with van der Waals surface area (Å²) >= 11 is 0. The molecule has 0 radical (unpaired) electrons. The standard InChI is InChI=1S/C15H17NO3/c1-16-12-6-8-13(9-7-12)18-11-19-15-5-3-4-14(10-15)17-2/h3-10,16H,11H2,1-2H3. The first-order chi connectivity index (χ1) is 9.31. The molecule has 2 aromatic carbocycles. The highest BCUT2D eigenvalue weighted by atomic mass is 16.7. The van der Waals surface area contributed by atoms with Gasteiger partial charge in [-0.1, -0.05) is 6.07 Å². The summed E-state index contributed by atoms with van der Waals surface area (Å²) in [4.78, 5) is 0. The molecule has 0 spiro atoms. The van der Waals surface area contributed by atoms with Crippen molar-refractivity contribution in [3.05, 3.63) is 48.5 Å². The van der Waals surface area contributed by atoms with Gasteiger partial charge < -0.3 is 19.5 Å². The molecular weight excluding hydrogens is 242 g/mol. The molecule has 0 aliphatic carbocycles. The Morgan fingerprint density at radius 3 is 2.26 bits per heavy atom. The van der Waals surface area contributed by atoms with Gasteiger partial charge in [0.15, 0.2) is 0 Å². The van der Waals surface area contributed by atoms with Gasteiger partial charge in [-0.3, -0.25) is 0 Å². The van der Waals surface area contributed by atoms with Gasteiger partial charge >= 0.3 is 0 Å². The van der Waals surface area contributed by atoms with E-state index in [1.807, 2.05) is 55.6 Å². The summed E-state index contributed by atoms with van der Waals surface area (Å²) in [7, 11) is 3.50. The lowest BCUT2D eigenvalue weighted by molar-refractivity contribution is 0.119. The molecule has 0 aliphatic heterocycles. The van der Waals surface area contributed by atoms with E-state index in [0.717, 1.165) is 17.2 Å². The lowest BCUT2D eigenvalue weighted by Gasteiger charge is -2.09. The number of nitrogens with one attached hydrogen (secondary N) is 1. The number of benzene rings is 2. The first-order valence-electron chi connectivity index (χ1n) is 5.99. The summed E-state index contributed by atoms with van der Waals surface area (Å²) in [6, 6.07) is 15.1. The highest BCUT2D eigenvalue weighted by Crippen LogP contribution is 2.19. The SMILES string of the molecule is CNc1ccc(OCOc2cccc(OC)c2)cc1. The van der Waals surface area contributed by atoms with Crippen molar-refractivity contribution < 1.29 is 14.2 Å². The summed E-state index contributed by atoms with van der Waals surface area (Å²) in [6.45, 7) is 0.159. The van der Waals surface area contributed by atoms with Gasteiger partial charge in [-0.25, -0.2) is 0 Å². The minimum atomic E-state index is 0.159. The topological polar surface area (TPSA) is 39.7 Å². The fourth-order valence-corrected chi connectivity index (χ4v) is 1.57. The van der Waals surface area contributed by atoms with Crippen molar-refractivity contribution in [2.24, 2.45) is 0 Å². The van der Waals surface area contributed by atoms with Gasteiger partial charge in [0, 0.05) is 18.8 Å². The number of ether oxygens (including phenoxy) is 3. The van der Waals surface area contributed by atoms with E-state index in [2.05, 4.69) is 5.32 Å². The largest absolute Gasteiger partial charge is 0.497 e. The first-order valence-corrected chi connectivity index (χ1v) is 5.99. The lowest BCUT2D eigenvalue weighted by atomic mass is 10.3. The van der Waals surface area contributed by atoms with Crippen molar-refractivity contribution in [1.82, 2.24) is 0 Å².